The SMILES string of the molecule is Cl.Clc1csc(CN2CCNCC2)c1. The summed E-state index contributed by atoms with van der Waals surface area (Å²) in [6, 6.07) is 2.06. The first-order valence-corrected chi connectivity index (χ1v) is 5.76. The summed E-state index contributed by atoms with van der Waals surface area (Å²) in [5, 5.41) is 6.21. The van der Waals surface area contributed by atoms with Gasteiger partial charge in [-0.3, -0.25) is 4.90 Å². The maximum absolute atomic E-state index is 5.86. The molecule has 1 fully saturated rings. The van der Waals surface area contributed by atoms with E-state index in [-0.39, 0.29) is 12.4 Å². The number of hydrogen-bond donors (Lipinski definition) is 1. The average molecular weight is 253 g/mol. The van der Waals surface area contributed by atoms with Crippen LogP contribution in [0.4, 0.5) is 0 Å². The van der Waals surface area contributed by atoms with Gasteiger partial charge in [-0.05, 0) is 6.07 Å². The summed E-state index contributed by atoms with van der Waals surface area (Å²) in [7, 11) is 0. The van der Waals surface area contributed by atoms with Gasteiger partial charge in [0.05, 0.1) is 5.02 Å². The van der Waals surface area contributed by atoms with Gasteiger partial charge in [-0.15, -0.1) is 23.7 Å². The Labute approximate surface area is 99.7 Å². The van der Waals surface area contributed by atoms with E-state index < -0.39 is 0 Å². The van der Waals surface area contributed by atoms with Crippen LogP contribution in [0, 0.1) is 0 Å². The number of halogens is 2. The van der Waals surface area contributed by atoms with Crippen molar-refractivity contribution >= 4 is 35.3 Å². The Balaban J connectivity index is 0.000000980. The monoisotopic (exact) mass is 252 g/mol. The molecule has 14 heavy (non-hydrogen) atoms. The molecule has 0 atom stereocenters. The third kappa shape index (κ3) is 3.41. The molecule has 5 heteroatoms. The van der Waals surface area contributed by atoms with Crippen LogP contribution in [0.15, 0.2) is 11.4 Å². The van der Waals surface area contributed by atoms with Crippen LogP contribution in [0.25, 0.3) is 0 Å². The molecule has 0 aliphatic carbocycles. The van der Waals surface area contributed by atoms with Crippen molar-refractivity contribution < 1.29 is 0 Å². The van der Waals surface area contributed by atoms with E-state index in [2.05, 4.69) is 16.3 Å². The Kier molecular flexibility index (Phi) is 5.20. The first-order valence-electron chi connectivity index (χ1n) is 4.50. The Morgan fingerprint density at radius 1 is 1.43 bits per heavy atom. The summed E-state index contributed by atoms with van der Waals surface area (Å²) < 4.78 is 0. The van der Waals surface area contributed by atoms with Crippen LogP contribution in [0.3, 0.4) is 0 Å². The third-order valence-corrected chi connectivity index (χ3v) is 3.48. The molecule has 0 unspecified atom stereocenters. The van der Waals surface area contributed by atoms with Gasteiger partial charge in [0.2, 0.25) is 0 Å². The molecule has 2 rings (SSSR count). The second-order valence-corrected chi connectivity index (χ2v) is 4.69. The standard InChI is InChI=1S/C9H13ClN2S.ClH/c10-8-5-9(13-7-8)6-12-3-1-11-2-4-12;/h5,7,11H,1-4,6H2;1H. The smallest absolute Gasteiger partial charge is 0.0516 e. The van der Waals surface area contributed by atoms with E-state index in [0.717, 1.165) is 37.7 Å². The molecule has 1 aromatic heterocycles. The lowest BCUT2D eigenvalue weighted by molar-refractivity contribution is 0.235. The van der Waals surface area contributed by atoms with E-state index in [4.69, 9.17) is 11.6 Å². The van der Waals surface area contributed by atoms with Gasteiger partial charge in [-0.25, -0.2) is 0 Å². The van der Waals surface area contributed by atoms with Crippen molar-refractivity contribution in [3.63, 3.8) is 0 Å². The normalized spacial score (nSPS) is 17.8. The first kappa shape index (κ1) is 12.3. The number of rotatable bonds is 2. The van der Waals surface area contributed by atoms with Gasteiger partial charge in [0, 0.05) is 43.0 Å². The van der Waals surface area contributed by atoms with Crippen molar-refractivity contribution in [1.29, 1.82) is 0 Å². The number of piperazine rings is 1. The molecule has 1 saturated heterocycles. The van der Waals surface area contributed by atoms with E-state index in [9.17, 15) is 0 Å². The van der Waals surface area contributed by atoms with Gasteiger partial charge in [-0.1, -0.05) is 11.6 Å². The number of thiophene rings is 1. The summed E-state index contributed by atoms with van der Waals surface area (Å²) >= 11 is 7.61. The lowest BCUT2D eigenvalue weighted by atomic mass is 10.3. The quantitative estimate of drug-likeness (QED) is 0.869. The fraction of sp³-hybridized carbons (Fsp3) is 0.556. The van der Waals surface area contributed by atoms with Crippen molar-refractivity contribution in [3.8, 4) is 0 Å². The largest absolute Gasteiger partial charge is 0.314 e. The van der Waals surface area contributed by atoms with Crippen molar-refractivity contribution in [3.05, 3.63) is 21.3 Å². The van der Waals surface area contributed by atoms with Gasteiger partial charge in [0.25, 0.3) is 0 Å². The molecule has 0 saturated carbocycles. The molecule has 0 aromatic carbocycles. The minimum atomic E-state index is 0. The van der Waals surface area contributed by atoms with Crippen LogP contribution < -0.4 is 5.32 Å². The maximum Gasteiger partial charge on any atom is 0.0516 e. The van der Waals surface area contributed by atoms with E-state index in [0.29, 0.717) is 0 Å². The molecule has 1 aliphatic rings. The summed E-state index contributed by atoms with van der Waals surface area (Å²) in [4.78, 5) is 3.82. The van der Waals surface area contributed by atoms with Gasteiger partial charge >= 0.3 is 0 Å². The molecule has 0 bridgehead atoms. The maximum atomic E-state index is 5.86. The Hall–Kier alpha value is 0.200. The minimum Gasteiger partial charge on any atom is -0.314 e. The van der Waals surface area contributed by atoms with E-state index in [1.807, 2.05) is 5.38 Å². The van der Waals surface area contributed by atoms with Crippen molar-refractivity contribution in [2.45, 2.75) is 6.54 Å². The Morgan fingerprint density at radius 3 is 2.71 bits per heavy atom. The minimum absolute atomic E-state index is 0. The van der Waals surface area contributed by atoms with Crippen LogP contribution >= 0.6 is 35.3 Å². The van der Waals surface area contributed by atoms with E-state index >= 15 is 0 Å². The highest BCUT2D eigenvalue weighted by atomic mass is 35.5. The number of nitrogens with one attached hydrogen (secondary N) is 1. The number of hydrogen-bond acceptors (Lipinski definition) is 3. The lowest BCUT2D eigenvalue weighted by Gasteiger charge is -2.26. The topological polar surface area (TPSA) is 15.3 Å². The molecule has 1 aromatic rings. The zero-order valence-corrected chi connectivity index (χ0v) is 10.2. The fourth-order valence-electron chi connectivity index (χ4n) is 1.53. The van der Waals surface area contributed by atoms with Gasteiger partial charge in [0.15, 0.2) is 0 Å². The highest BCUT2D eigenvalue weighted by molar-refractivity contribution is 7.10. The molecule has 80 valence electrons. The summed E-state index contributed by atoms with van der Waals surface area (Å²) in [5.41, 5.74) is 0. The highest BCUT2D eigenvalue weighted by Crippen LogP contribution is 2.20. The predicted molar refractivity (Wildman–Crippen MR) is 64.7 cm³/mol. The average Bonchev–Trinajstić information content (AvgIpc) is 2.53. The lowest BCUT2D eigenvalue weighted by Crippen LogP contribution is -2.42. The molecule has 1 aliphatic heterocycles. The highest BCUT2D eigenvalue weighted by Gasteiger charge is 2.10. The molecule has 0 spiro atoms. The second kappa shape index (κ2) is 5.93. The Morgan fingerprint density at radius 2 is 2.14 bits per heavy atom. The summed E-state index contributed by atoms with van der Waals surface area (Å²) in [6.45, 7) is 5.57. The van der Waals surface area contributed by atoms with Crippen LogP contribution in [-0.2, 0) is 6.54 Å². The molecule has 2 nitrogen and oxygen atoms in total. The van der Waals surface area contributed by atoms with Crippen LogP contribution in [0.1, 0.15) is 4.88 Å². The molecule has 2 heterocycles. The zero-order chi connectivity index (χ0) is 9.10. The van der Waals surface area contributed by atoms with Crippen molar-refractivity contribution in [2.24, 2.45) is 0 Å². The molecular formula is C9H14Cl2N2S. The van der Waals surface area contributed by atoms with Gasteiger partial charge in [0.1, 0.15) is 0 Å². The van der Waals surface area contributed by atoms with Crippen LogP contribution in [0.2, 0.25) is 5.02 Å². The van der Waals surface area contributed by atoms with Crippen LogP contribution in [-0.4, -0.2) is 31.1 Å². The molecular weight excluding hydrogens is 239 g/mol. The predicted octanol–water partition coefficient (Wildman–Crippen LogP) is 2.23. The summed E-state index contributed by atoms with van der Waals surface area (Å²) in [6.07, 6.45) is 0. The molecule has 0 amide bonds. The first-order chi connectivity index (χ1) is 6.34. The van der Waals surface area contributed by atoms with Gasteiger partial charge < -0.3 is 5.32 Å². The Bertz CT molecular complexity index is 272. The van der Waals surface area contributed by atoms with E-state index in [1.54, 1.807) is 11.3 Å². The van der Waals surface area contributed by atoms with Crippen molar-refractivity contribution in [2.75, 3.05) is 26.2 Å². The van der Waals surface area contributed by atoms with E-state index in [1.165, 1.54) is 4.88 Å². The number of nitrogens with zero attached hydrogens (tertiary/aromatic N) is 1. The molecule has 1 N–H and O–H groups in total. The third-order valence-electron chi connectivity index (χ3n) is 2.21. The fourth-order valence-corrected chi connectivity index (χ4v) is 2.64. The van der Waals surface area contributed by atoms with Crippen molar-refractivity contribution in [1.82, 2.24) is 10.2 Å². The zero-order valence-electron chi connectivity index (χ0n) is 7.83. The molecule has 0 radical (unpaired) electrons. The summed E-state index contributed by atoms with van der Waals surface area (Å²) in [5.74, 6) is 0. The second-order valence-electron chi connectivity index (χ2n) is 3.26. The van der Waals surface area contributed by atoms with Gasteiger partial charge in [-0.2, -0.15) is 0 Å². The van der Waals surface area contributed by atoms with Crippen LogP contribution in [0.5, 0.6) is 0 Å².